The second-order valence-corrected chi connectivity index (χ2v) is 7.33. The lowest BCUT2D eigenvalue weighted by atomic mass is 10.2. The highest BCUT2D eigenvalue weighted by atomic mass is 16.5. The third-order valence-corrected chi connectivity index (χ3v) is 4.77. The van der Waals surface area contributed by atoms with E-state index < -0.39 is 6.10 Å². The number of amides is 1. The molecule has 7 heteroatoms. The van der Waals surface area contributed by atoms with Crippen LogP contribution in [0.2, 0.25) is 0 Å². The molecule has 0 radical (unpaired) electrons. The smallest absolute Gasteiger partial charge is 0.264 e. The number of carbonyl (C=O) groups excluding carboxylic acids is 1. The fourth-order valence-electron chi connectivity index (χ4n) is 3.00. The Kier molecular flexibility index (Phi) is 6.72. The van der Waals surface area contributed by atoms with Crippen LogP contribution in [-0.4, -0.2) is 40.2 Å². The van der Waals surface area contributed by atoms with Crippen LogP contribution in [0.1, 0.15) is 32.2 Å². The Bertz CT molecular complexity index is 982. The summed E-state index contributed by atoms with van der Waals surface area (Å²) in [5, 5.41) is 4.04. The first kappa shape index (κ1) is 21.4. The number of ether oxygens (including phenoxy) is 2. The molecular formula is C23H27N3O4. The quantitative estimate of drug-likeness (QED) is 0.553. The largest absolute Gasteiger partial charge is 0.497 e. The number of carbonyl (C=O) groups is 1. The van der Waals surface area contributed by atoms with Crippen molar-refractivity contribution in [2.75, 3.05) is 7.11 Å². The van der Waals surface area contributed by atoms with Crippen LogP contribution in [-0.2, 0) is 11.3 Å². The van der Waals surface area contributed by atoms with E-state index in [1.54, 1.807) is 18.9 Å². The summed E-state index contributed by atoms with van der Waals surface area (Å²) in [4.78, 5) is 19.2. The first-order chi connectivity index (χ1) is 14.4. The van der Waals surface area contributed by atoms with Crippen LogP contribution in [0.3, 0.4) is 0 Å². The number of rotatable bonds is 8. The van der Waals surface area contributed by atoms with Gasteiger partial charge in [-0.2, -0.15) is 4.98 Å². The maximum Gasteiger partial charge on any atom is 0.264 e. The predicted octanol–water partition coefficient (Wildman–Crippen LogP) is 4.26. The number of para-hydroxylation sites is 1. The molecule has 2 aromatic carbocycles. The van der Waals surface area contributed by atoms with Gasteiger partial charge in [0.2, 0.25) is 11.7 Å². The highest BCUT2D eigenvalue weighted by molar-refractivity contribution is 5.81. The van der Waals surface area contributed by atoms with Crippen molar-refractivity contribution < 1.29 is 18.8 Å². The Hall–Kier alpha value is -3.35. The molecule has 158 valence electrons. The molecule has 1 atom stereocenters. The van der Waals surface area contributed by atoms with E-state index in [9.17, 15) is 4.79 Å². The molecule has 0 spiro atoms. The SMILES string of the molecule is COc1ccc(-c2noc(CN(C(=O)C(C)Oc3ccccc3C)C(C)C)n2)cc1. The lowest BCUT2D eigenvalue weighted by Gasteiger charge is -2.28. The normalized spacial score (nSPS) is 11.9. The van der Waals surface area contributed by atoms with Crippen molar-refractivity contribution in [2.45, 2.75) is 46.4 Å². The van der Waals surface area contributed by atoms with Gasteiger partial charge in [-0.15, -0.1) is 0 Å². The van der Waals surface area contributed by atoms with Crippen LogP contribution >= 0.6 is 0 Å². The topological polar surface area (TPSA) is 77.7 Å². The van der Waals surface area contributed by atoms with Crippen LogP contribution in [0.5, 0.6) is 11.5 Å². The number of nitrogens with zero attached hydrogens (tertiary/aromatic N) is 3. The van der Waals surface area contributed by atoms with Crippen molar-refractivity contribution in [3.63, 3.8) is 0 Å². The van der Waals surface area contributed by atoms with Crippen LogP contribution in [0.4, 0.5) is 0 Å². The highest BCUT2D eigenvalue weighted by Gasteiger charge is 2.26. The Morgan fingerprint density at radius 2 is 1.80 bits per heavy atom. The van der Waals surface area contributed by atoms with Gasteiger partial charge >= 0.3 is 0 Å². The molecule has 0 aliphatic heterocycles. The van der Waals surface area contributed by atoms with Crippen LogP contribution in [0.25, 0.3) is 11.4 Å². The molecule has 1 heterocycles. The Morgan fingerprint density at radius 3 is 2.43 bits per heavy atom. The van der Waals surface area contributed by atoms with Crippen molar-refractivity contribution in [1.29, 1.82) is 0 Å². The van der Waals surface area contributed by atoms with Crippen molar-refractivity contribution in [3.05, 3.63) is 60.0 Å². The second kappa shape index (κ2) is 9.43. The van der Waals surface area contributed by atoms with Gasteiger partial charge in [0.1, 0.15) is 18.0 Å². The van der Waals surface area contributed by atoms with Gasteiger partial charge in [0.15, 0.2) is 6.10 Å². The third kappa shape index (κ3) is 4.97. The van der Waals surface area contributed by atoms with E-state index in [4.69, 9.17) is 14.0 Å². The van der Waals surface area contributed by atoms with Gasteiger partial charge < -0.3 is 18.9 Å². The average Bonchev–Trinajstić information content (AvgIpc) is 3.21. The molecule has 0 aliphatic carbocycles. The summed E-state index contributed by atoms with van der Waals surface area (Å²) in [6, 6.07) is 15.0. The average molecular weight is 409 g/mol. The highest BCUT2D eigenvalue weighted by Crippen LogP contribution is 2.22. The first-order valence-electron chi connectivity index (χ1n) is 9.88. The van der Waals surface area contributed by atoms with Crippen molar-refractivity contribution in [1.82, 2.24) is 15.0 Å². The van der Waals surface area contributed by atoms with E-state index in [1.807, 2.05) is 69.3 Å². The maximum absolute atomic E-state index is 13.0. The van der Waals surface area contributed by atoms with E-state index in [2.05, 4.69) is 10.1 Å². The molecular weight excluding hydrogens is 382 g/mol. The minimum Gasteiger partial charge on any atom is -0.497 e. The summed E-state index contributed by atoms with van der Waals surface area (Å²) in [7, 11) is 1.61. The molecule has 0 N–H and O–H groups in total. The molecule has 0 fully saturated rings. The van der Waals surface area contributed by atoms with E-state index in [-0.39, 0.29) is 18.5 Å². The first-order valence-corrected chi connectivity index (χ1v) is 9.88. The molecule has 1 amide bonds. The fraction of sp³-hybridized carbons (Fsp3) is 0.348. The number of methoxy groups -OCH3 is 1. The zero-order valence-electron chi connectivity index (χ0n) is 18.0. The van der Waals surface area contributed by atoms with Gasteiger partial charge in [-0.3, -0.25) is 4.79 Å². The van der Waals surface area contributed by atoms with Crippen LogP contribution in [0, 0.1) is 6.92 Å². The summed E-state index contributed by atoms with van der Waals surface area (Å²) in [6.07, 6.45) is -0.641. The lowest BCUT2D eigenvalue weighted by Crippen LogP contribution is -2.44. The number of aryl methyl sites for hydroxylation is 1. The molecule has 3 rings (SSSR count). The summed E-state index contributed by atoms with van der Waals surface area (Å²) in [6.45, 7) is 7.80. The second-order valence-electron chi connectivity index (χ2n) is 7.33. The molecule has 0 aliphatic rings. The van der Waals surface area contributed by atoms with Gasteiger partial charge in [0, 0.05) is 11.6 Å². The molecule has 7 nitrogen and oxygen atoms in total. The molecule has 0 bridgehead atoms. The van der Waals surface area contributed by atoms with Crippen LogP contribution in [0.15, 0.2) is 53.1 Å². The molecule has 1 unspecified atom stereocenters. The number of hydrogen-bond donors (Lipinski definition) is 0. The lowest BCUT2D eigenvalue weighted by molar-refractivity contribution is -0.140. The standard InChI is InChI=1S/C23H27N3O4/c1-15(2)26(23(27)17(4)29-20-9-7-6-8-16(20)3)14-21-24-22(25-30-21)18-10-12-19(28-5)13-11-18/h6-13,15,17H,14H2,1-5H3. The van der Waals surface area contributed by atoms with E-state index in [1.165, 1.54) is 0 Å². The molecule has 3 aromatic rings. The van der Waals surface area contributed by atoms with Gasteiger partial charge in [-0.05, 0) is 63.6 Å². The molecule has 30 heavy (non-hydrogen) atoms. The zero-order chi connectivity index (χ0) is 21.7. The third-order valence-electron chi connectivity index (χ3n) is 4.77. The number of benzene rings is 2. The summed E-state index contributed by atoms with van der Waals surface area (Å²) in [5.41, 5.74) is 1.79. The maximum atomic E-state index is 13.0. The number of hydrogen-bond acceptors (Lipinski definition) is 6. The van der Waals surface area contributed by atoms with E-state index in [0.29, 0.717) is 17.5 Å². The van der Waals surface area contributed by atoms with Crippen molar-refractivity contribution >= 4 is 5.91 Å². The Morgan fingerprint density at radius 1 is 1.10 bits per heavy atom. The molecule has 1 aromatic heterocycles. The Labute approximate surface area is 176 Å². The monoisotopic (exact) mass is 409 g/mol. The van der Waals surface area contributed by atoms with Gasteiger partial charge in [-0.25, -0.2) is 0 Å². The Balaban J connectivity index is 1.71. The summed E-state index contributed by atoms with van der Waals surface area (Å²) < 4.78 is 16.5. The molecule has 0 saturated carbocycles. The number of aromatic nitrogens is 2. The molecule has 0 saturated heterocycles. The fourth-order valence-corrected chi connectivity index (χ4v) is 3.00. The van der Waals surface area contributed by atoms with Gasteiger partial charge in [-0.1, -0.05) is 23.4 Å². The van der Waals surface area contributed by atoms with E-state index in [0.717, 1.165) is 16.9 Å². The predicted molar refractivity (Wildman–Crippen MR) is 113 cm³/mol. The van der Waals surface area contributed by atoms with Gasteiger partial charge in [0.25, 0.3) is 5.91 Å². The summed E-state index contributed by atoms with van der Waals surface area (Å²) in [5.74, 6) is 2.14. The minimum atomic E-state index is -0.641. The van der Waals surface area contributed by atoms with E-state index >= 15 is 0 Å². The minimum absolute atomic E-state index is 0.0586. The van der Waals surface area contributed by atoms with Crippen molar-refractivity contribution in [2.24, 2.45) is 0 Å². The van der Waals surface area contributed by atoms with Crippen LogP contribution < -0.4 is 9.47 Å². The van der Waals surface area contributed by atoms with Crippen molar-refractivity contribution in [3.8, 4) is 22.9 Å². The van der Waals surface area contributed by atoms with Gasteiger partial charge in [0.05, 0.1) is 7.11 Å². The summed E-state index contributed by atoms with van der Waals surface area (Å²) >= 11 is 0. The zero-order valence-corrected chi connectivity index (χ0v) is 18.0.